The van der Waals surface area contributed by atoms with Crippen LogP contribution >= 0.6 is 27.7 Å². The zero-order chi connectivity index (χ0) is 13.3. The standard InChI is InChI=1S/C11H16BrN5S/c1-11(2,18-4)5-13-9-7-8(12)16-17(3)10(7)15-6-14-9/h6H,5H2,1-4H3,(H,13,14,15). The SMILES string of the molecule is CSC(C)(C)CNc1ncnc2c1c(Br)nn2C. The third-order valence-corrected chi connectivity index (χ3v) is 4.62. The van der Waals surface area contributed by atoms with Crippen molar-refractivity contribution >= 4 is 44.5 Å². The van der Waals surface area contributed by atoms with Crippen molar-refractivity contribution in [3.8, 4) is 0 Å². The second kappa shape index (κ2) is 5.05. The van der Waals surface area contributed by atoms with E-state index in [0.29, 0.717) is 0 Å². The summed E-state index contributed by atoms with van der Waals surface area (Å²) in [7, 11) is 1.87. The monoisotopic (exact) mass is 329 g/mol. The van der Waals surface area contributed by atoms with E-state index < -0.39 is 0 Å². The van der Waals surface area contributed by atoms with Gasteiger partial charge in [-0.25, -0.2) is 14.6 Å². The van der Waals surface area contributed by atoms with Crippen molar-refractivity contribution in [1.29, 1.82) is 0 Å². The zero-order valence-corrected chi connectivity index (χ0v) is 13.3. The Bertz CT molecular complexity index is 566. The number of nitrogens with one attached hydrogen (secondary N) is 1. The Balaban J connectivity index is 2.34. The highest BCUT2D eigenvalue weighted by atomic mass is 79.9. The van der Waals surface area contributed by atoms with E-state index in [-0.39, 0.29) is 4.75 Å². The summed E-state index contributed by atoms with van der Waals surface area (Å²) in [6.45, 7) is 5.23. The van der Waals surface area contributed by atoms with E-state index in [2.05, 4.69) is 56.4 Å². The summed E-state index contributed by atoms with van der Waals surface area (Å²) < 4.78 is 2.67. The smallest absolute Gasteiger partial charge is 0.164 e. The van der Waals surface area contributed by atoms with Gasteiger partial charge in [-0.2, -0.15) is 16.9 Å². The van der Waals surface area contributed by atoms with Gasteiger partial charge in [0.05, 0.1) is 5.39 Å². The number of fused-ring (bicyclic) bond motifs is 1. The van der Waals surface area contributed by atoms with Crippen LogP contribution in [0.2, 0.25) is 0 Å². The largest absolute Gasteiger partial charge is 0.368 e. The molecule has 7 heteroatoms. The first-order valence-electron chi connectivity index (χ1n) is 5.57. The van der Waals surface area contributed by atoms with Crippen LogP contribution < -0.4 is 5.32 Å². The van der Waals surface area contributed by atoms with Crippen LogP contribution in [0.15, 0.2) is 10.9 Å². The topological polar surface area (TPSA) is 55.6 Å². The van der Waals surface area contributed by atoms with E-state index in [4.69, 9.17) is 0 Å². The third kappa shape index (κ3) is 2.61. The molecule has 2 heterocycles. The van der Waals surface area contributed by atoms with Crippen molar-refractivity contribution in [2.75, 3.05) is 18.1 Å². The molecule has 18 heavy (non-hydrogen) atoms. The van der Waals surface area contributed by atoms with E-state index >= 15 is 0 Å². The van der Waals surface area contributed by atoms with E-state index in [0.717, 1.165) is 28.0 Å². The molecule has 0 spiro atoms. The molecular weight excluding hydrogens is 314 g/mol. The Morgan fingerprint density at radius 3 is 2.83 bits per heavy atom. The fourth-order valence-corrected chi connectivity index (χ4v) is 2.36. The van der Waals surface area contributed by atoms with Crippen molar-refractivity contribution in [3.05, 3.63) is 10.9 Å². The quantitative estimate of drug-likeness (QED) is 0.934. The van der Waals surface area contributed by atoms with Crippen LogP contribution in [0, 0.1) is 0 Å². The predicted octanol–water partition coefficient (Wildman–Crippen LogP) is 2.68. The highest BCUT2D eigenvalue weighted by Crippen LogP contribution is 2.28. The van der Waals surface area contributed by atoms with E-state index in [9.17, 15) is 0 Å². The summed E-state index contributed by atoms with van der Waals surface area (Å²) >= 11 is 5.27. The van der Waals surface area contributed by atoms with Crippen LogP contribution in [0.3, 0.4) is 0 Å². The third-order valence-electron chi connectivity index (χ3n) is 2.81. The molecule has 0 radical (unpaired) electrons. The second-order valence-corrected chi connectivity index (χ2v) is 6.92. The van der Waals surface area contributed by atoms with E-state index in [1.54, 1.807) is 11.0 Å². The first kappa shape index (κ1) is 13.6. The first-order chi connectivity index (χ1) is 8.44. The number of aromatic nitrogens is 4. The molecule has 2 aromatic rings. The first-order valence-corrected chi connectivity index (χ1v) is 7.58. The number of thioether (sulfide) groups is 1. The lowest BCUT2D eigenvalue weighted by atomic mass is 10.2. The van der Waals surface area contributed by atoms with Gasteiger partial charge in [0.25, 0.3) is 0 Å². The summed E-state index contributed by atoms with van der Waals surface area (Å²) in [4.78, 5) is 8.54. The predicted molar refractivity (Wildman–Crippen MR) is 80.1 cm³/mol. The van der Waals surface area contributed by atoms with Crippen LogP contribution in [0.4, 0.5) is 5.82 Å². The summed E-state index contributed by atoms with van der Waals surface area (Å²) in [6, 6.07) is 0. The van der Waals surface area contributed by atoms with Gasteiger partial charge in [-0.15, -0.1) is 0 Å². The Hall–Kier alpha value is -0.820. The minimum Gasteiger partial charge on any atom is -0.368 e. The molecule has 0 atom stereocenters. The van der Waals surface area contributed by atoms with Crippen molar-refractivity contribution in [1.82, 2.24) is 19.7 Å². The lowest BCUT2D eigenvalue weighted by Gasteiger charge is -2.22. The number of nitrogens with zero attached hydrogens (tertiary/aromatic N) is 4. The van der Waals surface area contributed by atoms with Gasteiger partial charge in [0.1, 0.15) is 16.7 Å². The van der Waals surface area contributed by atoms with Crippen LogP contribution in [0.1, 0.15) is 13.8 Å². The molecular formula is C11H16BrN5S. The van der Waals surface area contributed by atoms with Gasteiger partial charge >= 0.3 is 0 Å². The highest BCUT2D eigenvalue weighted by Gasteiger charge is 2.18. The molecule has 2 aromatic heterocycles. The molecule has 0 fully saturated rings. The lowest BCUT2D eigenvalue weighted by molar-refractivity contribution is 0.750. The van der Waals surface area contributed by atoms with Crippen LogP contribution in [-0.4, -0.2) is 37.3 Å². The maximum absolute atomic E-state index is 4.30. The van der Waals surface area contributed by atoms with Crippen molar-refractivity contribution in [2.24, 2.45) is 7.05 Å². The summed E-state index contributed by atoms with van der Waals surface area (Å²) in [5.74, 6) is 0.821. The fraction of sp³-hybridized carbons (Fsp3) is 0.545. The molecule has 0 saturated heterocycles. The lowest BCUT2D eigenvalue weighted by Crippen LogP contribution is -2.26. The number of anilines is 1. The molecule has 0 aliphatic rings. The molecule has 0 aromatic carbocycles. The normalized spacial score (nSPS) is 12.1. The Labute approximate surface area is 119 Å². The summed E-state index contributed by atoms with van der Waals surface area (Å²) in [6.07, 6.45) is 3.67. The van der Waals surface area contributed by atoms with Gasteiger partial charge in [-0.3, -0.25) is 0 Å². The van der Waals surface area contributed by atoms with E-state index in [1.165, 1.54) is 0 Å². The zero-order valence-electron chi connectivity index (χ0n) is 10.9. The Kier molecular flexibility index (Phi) is 3.82. The number of aryl methyl sites for hydroxylation is 1. The van der Waals surface area contributed by atoms with Crippen LogP contribution in [0.25, 0.3) is 11.0 Å². The molecule has 0 bridgehead atoms. The highest BCUT2D eigenvalue weighted by molar-refractivity contribution is 9.10. The Morgan fingerprint density at radius 2 is 2.17 bits per heavy atom. The molecule has 1 N–H and O–H groups in total. The number of rotatable bonds is 4. The summed E-state index contributed by atoms with van der Waals surface area (Å²) in [5, 5.41) is 8.61. The minimum atomic E-state index is 0.159. The number of halogens is 1. The van der Waals surface area contributed by atoms with Crippen molar-refractivity contribution in [3.63, 3.8) is 0 Å². The maximum Gasteiger partial charge on any atom is 0.164 e. The Morgan fingerprint density at radius 1 is 1.44 bits per heavy atom. The van der Waals surface area contributed by atoms with Crippen molar-refractivity contribution < 1.29 is 0 Å². The molecule has 0 aliphatic heterocycles. The molecule has 5 nitrogen and oxygen atoms in total. The van der Waals surface area contributed by atoms with Gasteiger partial charge in [0, 0.05) is 18.3 Å². The van der Waals surface area contributed by atoms with Gasteiger partial charge < -0.3 is 5.32 Å². The fourth-order valence-electron chi connectivity index (χ4n) is 1.54. The molecule has 2 rings (SSSR count). The van der Waals surface area contributed by atoms with Gasteiger partial charge in [-0.1, -0.05) is 0 Å². The van der Waals surface area contributed by atoms with Crippen molar-refractivity contribution in [2.45, 2.75) is 18.6 Å². The van der Waals surface area contributed by atoms with Crippen LogP contribution in [-0.2, 0) is 7.05 Å². The van der Waals surface area contributed by atoms with Gasteiger partial charge in [0.2, 0.25) is 0 Å². The molecule has 98 valence electrons. The van der Waals surface area contributed by atoms with Gasteiger partial charge in [-0.05, 0) is 36.0 Å². The molecule has 0 unspecified atom stereocenters. The van der Waals surface area contributed by atoms with Gasteiger partial charge in [0.15, 0.2) is 5.65 Å². The van der Waals surface area contributed by atoms with Crippen LogP contribution in [0.5, 0.6) is 0 Å². The minimum absolute atomic E-state index is 0.159. The number of hydrogen-bond donors (Lipinski definition) is 1. The molecule has 0 amide bonds. The average molecular weight is 330 g/mol. The average Bonchev–Trinajstić information content (AvgIpc) is 2.63. The second-order valence-electron chi connectivity index (χ2n) is 4.65. The maximum atomic E-state index is 4.30. The van der Waals surface area contributed by atoms with E-state index in [1.807, 2.05) is 18.8 Å². The number of hydrogen-bond acceptors (Lipinski definition) is 5. The molecule has 0 aliphatic carbocycles. The summed E-state index contributed by atoms with van der Waals surface area (Å²) in [5.41, 5.74) is 0.821. The molecule has 0 saturated carbocycles.